The predicted molar refractivity (Wildman–Crippen MR) is 71.6 cm³/mol. The first-order valence-electron chi connectivity index (χ1n) is 6.20. The second-order valence-electron chi connectivity index (χ2n) is 4.64. The van der Waals surface area contributed by atoms with Crippen LogP contribution in [0.15, 0.2) is 36.4 Å². The average molecular weight is 240 g/mol. The van der Waals surface area contributed by atoms with Crippen molar-refractivity contribution in [3.05, 3.63) is 47.7 Å². The fourth-order valence-corrected chi connectivity index (χ4v) is 2.36. The smallest absolute Gasteiger partial charge is 0.132 e. The molecule has 0 amide bonds. The molecule has 0 bridgehead atoms. The molecule has 2 aromatic rings. The Labute approximate surface area is 107 Å². The van der Waals surface area contributed by atoms with Crippen molar-refractivity contribution >= 4 is 0 Å². The third kappa shape index (κ3) is 1.87. The maximum atomic E-state index is 5.92. The van der Waals surface area contributed by atoms with Crippen molar-refractivity contribution in [2.24, 2.45) is 5.73 Å². The number of hydrogen-bond donors (Lipinski definition) is 1. The zero-order chi connectivity index (χ0) is 12.5. The molecule has 3 heteroatoms. The van der Waals surface area contributed by atoms with Gasteiger partial charge in [-0.05, 0) is 30.7 Å². The van der Waals surface area contributed by atoms with E-state index in [0.29, 0.717) is 6.54 Å². The van der Waals surface area contributed by atoms with E-state index in [0.717, 1.165) is 29.1 Å². The Morgan fingerprint density at radius 3 is 2.89 bits per heavy atom. The molecule has 1 aromatic heterocycles. The minimum atomic E-state index is 0.103. The summed E-state index contributed by atoms with van der Waals surface area (Å²) in [4.78, 5) is 4.56. The lowest BCUT2D eigenvalue weighted by atomic mass is 10.0. The van der Waals surface area contributed by atoms with Crippen LogP contribution >= 0.6 is 0 Å². The molecule has 2 N–H and O–H groups in total. The monoisotopic (exact) mass is 240 g/mol. The maximum Gasteiger partial charge on any atom is 0.132 e. The van der Waals surface area contributed by atoms with Crippen LogP contribution in [0, 0.1) is 6.92 Å². The van der Waals surface area contributed by atoms with Gasteiger partial charge in [0.05, 0.1) is 5.69 Å². The van der Waals surface area contributed by atoms with E-state index in [-0.39, 0.29) is 6.10 Å². The van der Waals surface area contributed by atoms with E-state index in [1.165, 1.54) is 5.56 Å². The van der Waals surface area contributed by atoms with Crippen LogP contribution in [-0.4, -0.2) is 17.6 Å². The van der Waals surface area contributed by atoms with Gasteiger partial charge in [0, 0.05) is 24.2 Å². The van der Waals surface area contributed by atoms with Crippen LogP contribution in [0.5, 0.6) is 5.75 Å². The summed E-state index contributed by atoms with van der Waals surface area (Å²) >= 11 is 0. The van der Waals surface area contributed by atoms with Crippen LogP contribution in [0.4, 0.5) is 0 Å². The first-order valence-corrected chi connectivity index (χ1v) is 6.20. The summed E-state index contributed by atoms with van der Waals surface area (Å²) in [7, 11) is 0. The van der Waals surface area contributed by atoms with E-state index in [9.17, 15) is 0 Å². The fraction of sp³-hybridized carbons (Fsp3) is 0.267. The molecule has 0 radical (unpaired) electrons. The maximum absolute atomic E-state index is 5.92. The van der Waals surface area contributed by atoms with Gasteiger partial charge in [0.15, 0.2) is 0 Å². The zero-order valence-electron chi connectivity index (χ0n) is 10.4. The number of benzene rings is 1. The quantitative estimate of drug-likeness (QED) is 0.876. The molecule has 3 nitrogen and oxygen atoms in total. The van der Waals surface area contributed by atoms with E-state index in [1.54, 1.807) is 0 Å². The number of para-hydroxylation sites is 1. The van der Waals surface area contributed by atoms with E-state index < -0.39 is 0 Å². The molecule has 2 heterocycles. The molecular weight excluding hydrogens is 224 g/mol. The van der Waals surface area contributed by atoms with Gasteiger partial charge >= 0.3 is 0 Å². The molecule has 0 unspecified atom stereocenters. The van der Waals surface area contributed by atoms with Crippen LogP contribution in [0.2, 0.25) is 0 Å². The number of hydrogen-bond acceptors (Lipinski definition) is 3. The molecule has 1 aliphatic rings. The Hall–Kier alpha value is -1.87. The number of ether oxygens (including phenoxy) is 1. The second kappa shape index (κ2) is 4.42. The van der Waals surface area contributed by atoms with Crippen molar-refractivity contribution in [1.29, 1.82) is 0 Å². The molecule has 0 fully saturated rings. The van der Waals surface area contributed by atoms with Crippen molar-refractivity contribution in [1.82, 2.24) is 4.98 Å². The number of nitrogens with two attached hydrogens (primary N) is 1. The van der Waals surface area contributed by atoms with Gasteiger partial charge in [-0.15, -0.1) is 0 Å². The van der Waals surface area contributed by atoms with Crippen LogP contribution < -0.4 is 10.5 Å². The number of aromatic nitrogens is 1. The lowest BCUT2D eigenvalue weighted by Crippen LogP contribution is -2.24. The number of fused-ring (bicyclic) bond motifs is 1. The van der Waals surface area contributed by atoms with Gasteiger partial charge in [-0.25, -0.2) is 0 Å². The normalized spacial score (nSPS) is 17.3. The summed E-state index contributed by atoms with van der Waals surface area (Å²) in [6, 6.07) is 12.2. The number of aryl methyl sites for hydroxylation is 1. The highest BCUT2D eigenvalue weighted by molar-refractivity contribution is 5.70. The molecule has 1 atom stereocenters. The Bertz CT molecular complexity index is 580. The summed E-state index contributed by atoms with van der Waals surface area (Å²) in [6.07, 6.45) is 0.997. The van der Waals surface area contributed by atoms with Gasteiger partial charge in [0.25, 0.3) is 0 Å². The minimum Gasteiger partial charge on any atom is -0.488 e. The molecule has 0 saturated heterocycles. The third-order valence-corrected chi connectivity index (χ3v) is 3.26. The summed E-state index contributed by atoms with van der Waals surface area (Å²) in [5.74, 6) is 0.950. The Kier molecular flexibility index (Phi) is 2.76. The highest BCUT2D eigenvalue weighted by atomic mass is 16.5. The van der Waals surface area contributed by atoms with E-state index in [4.69, 9.17) is 10.5 Å². The summed E-state index contributed by atoms with van der Waals surface area (Å²) in [5, 5.41) is 0. The van der Waals surface area contributed by atoms with Crippen LogP contribution in [-0.2, 0) is 6.42 Å². The number of pyridine rings is 1. The Morgan fingerprint density at radius 1 is 1.28 bits per heavy atom. The largest absolute Gasteiger partial charge is 0.488 e. The summed E-state index contributed by atoms with van der Waals surface area (Å²) in [5.41, 5.74) is 9.95. The predicted octanol–water partition coefficient (Wildman–Crippen LogP) is 2.32. The van der Waals surface area contributed by atoms with Crippen LogP contribution in [0.3, 0.4) is 0 Å². The van der Waals surface area contributed by atoms with E-state index in [1.807, 2.05) is 25.1 Å². The van der Waals surface area contributed by atoms with E-state index >= 15 is 0 Å². The fourth-order valence-electron chi connectivity index (χ4n) is 2.36. The SMILES string of the molecule is Cc1cccc(-c2cccc3c2O[C@H](CN)C3)n1. The van der Waals surface area contributed by atoms with Gasteiger partial charge in [-0.3, -0.25) is 4.98 Å². The molecule has 18 heavy (non-hydrogen) atoms. The first-order chi connectivity index (χ1) is 8.78. The van der Waals surface area contributed by atoms with Crippen LogP contribution in [0.1, 0.15) is 11.3 Å². The zero-order valence-corrected chi connectivity index (χ0v) is 10.4. The molecule has 3 rings (SSSR count). The molecular formula is C15H16N2O. The van der Waals surface area contributed by atoms with Gasteiger partial charge in [0.1, 0.15) is 11.9 Å². The molecule has 1 aromatic carbocycles. The molecule has 0 saturated carbocycles. The summed E-state index contributed by atoms with van der Waals surface area (Å²) < 4.78 is 5.92. The Morgan fingerprint density at radius 2 is 2.11 bits per heavy atom. The van der Waals surface area contributed by atoms with Crippen molar-refractivity contribution in [2.75, 3.05) is 6.54 Å². The van der Waals surface area contributed by atoms with Gasteiger partial charge < -0.3 is 10.5 Å². The van der Waals surface area contributed by atoms with Crippen molar-refractivity contribution in [2.45, 2.75) is 19.4 Å². The standard InChI is InChI=1S/C15H16N2O/c1-10-4-2-7-14(17-10)13-6-3-5-11-8-12(9-16)18-15(11)13/h2-7,12H,8-9,16H2,1H3/t12-/m0/s1. The van der Waals surface area contributed by atoms with Crippen LogP contribution in [0.25, 0.3) is 11.3 Å². The molecule has 92 valence electrons. The number of nitrogens with zero attached hydrogens (tertiary/aromatic N) is 1. The van der Waals surface area contributed by atoms with Crippen molar-refractivity contribution in [3.8, 4) is 17.0 Å². The highest BCUT2D eigenvalue weighted by Gasteiger charge is 2.24. The van der Waals surface area contributed by atoms with E-state index in [2.05, 4.69) is 23.2 Å². The first kappa shape index (κ1) is 11.2. The lowest BCUT2D eigenvalue weighted by molar-refractivity contribution is 0.242. The molecule has 0 spiro atoms. The van der Waals surface area contributed by atoms with Crippen molar-refractivity contribution in [3.63, 3.8) is 0 Å². The van der Waals surface area contributed by atoms with Gasteiger partial charge in [-0.2, -0.15) is 0 Å². The van der Waals surface area contributed by atoms with Gasteiger partial charge in [-0.1, -0.05) is 18.2 Å². The topological polar surface area (TPSA) is 48.1 Å². The van der Waals surface area contributed by atoms with Gasteiger partial charge in [0.2, 0.25) is 0 Å². The lowest BCUT2D eigenvalue weighted by Gasteiger charge is -2.10. The minimum absolute atomic E-state index is 0.103. The second-order valence-corrected chi connectivity index (χ2v) is 4.64. The highest BCUT2D eigenvalue weighted by Crippen LogP contribution is 2.37. The average Bonchev–Trinajstić information content (AvgIpc) is 2.81. The van der Waals surface area contributed by atoms with Crippen molar-refractivity contribution < 1.29 is 4.74 Å². The summed E-state index contributed by atoms with van der Waals surface area (Å²) in [6.45, 7) is 2.55. The Balaban J connectivity index is 2.08. The third-order valence-electron chi connectivity index (χ3n) is 3.26. The molecule has 0 aliphatic carbocycles. The number of rotatable bonds is 2. The molecule has 1 aliphatic heterocycles.